The summed E-state index contributed by atoms with van der Waals surface area (Å²) in [4.78, 5) is 2.25. The lowest BCUT2D eigenvalue weighted by molar-refractivity contribution is 0.181. The minimum atomic E-state index is -3.31. The molecule has 0 atom stereocenters. The van der Waals surface area contributed by atoms with E-state index in [-0.39, 0.29) is 5.75 Å². The summed E-state index contributed by atoms with van der Waals surface area (Å²) in [5, 5.41) is 1.33. The smallest absolute Gasteiger partial charge is 0.218 e. The molecule has 4 nitrogen and oxygen atoms in total. The van der Waals surface area contributed by atoms with Crippen molar-refractivity contribution in [2.75, 3.05) is 26.2 Å². The largest absolute Gasteiger partial charge is 0.296 e. The number of hydrogen-bond donors (Lipinski definition) is 0. The molecule has 2 aromatic rings. The molecule has 25 heavy (non-hydrogen) atoms. The maximum atomic E-state index is 12.6. The van der Waals surface area contributed by atoms with Crippen molar-refractivity contribution < 1.29 is 8.42 Å². The van der Waals surface area contributed by atoms with Crippen molar-refractivity contribution in [1.29, 1.82) is 0 Å². The lowest BCUT2D eigenvalue weighted by atomic mass is 10.2. The van der Waals surface area contributed by atoms with E-state index >= 15 is 0 Å². The van der Waals surface area contributed by atoms with Gasteiger partial charge in [-0.2, -0.15) is 4.31 Å². The first-order valence-corrected chi connectivity index (χ1v) is 10.5. The van der Waals surface area contributed by atoms with Crippen molar-refractivity contribution in [3.05, 3.63) is 69.7 Å². The Morgan fingerprint density at radius 3 is 2.16 bits per heavy atom. The highest BCUT2D eigenvalue weighted by molar-refractivity contribution is 7.88. The van der Waals surface area contributed by atoms with E-state index in [1.54, 1.807) is 28.6 Å². The molecule has 134 valence electrons. The average Bonchev–Trinajstić information content (AvgIpc) is 2.57. The van der Waals surface area contributed by atoms with Gasteiger partial charge in [0.25, 0.3) is 0 Å². The van der Waals surface area contributed by atoms with Gasteiger partial charge in [-0.1, -0.05) is 47.5 Å². The van der Waals surface area contributed by atoms with E-state index < -0.39 is 10.0 Å². The Morgan fingerprint density at radius 2 is 1.52 bits per heavy atom. The lowest BCUT2D eigenvalue weighted by Crippen LogP contribution is -2.48. The van der Waals surface area contributed by atoms with E-state index in [1.807, 2.05) is 24.3 Å². The van der Waals surface area contributed by atoms with Crippen LogP contribution in [-0.4, -0.2) is 43.8 Å². The van der Waals surface area contributed by atoms with Crippen LogP contribution in [0.2, 0.25) is 10.0 Å². The molecule has 2 aromatic carbocycles. The van der Waals surface area contributed by atoms with Gasteiger partial charge in [0.05, 0.1) is 5.75 Å². The van der Waals surface area contributed by atoms with Gasteiger partial charge in [-0.3, -0.25) is 4.90 Å². The molecule has 0 amide bonds. The Morgan fingerprint density at radius 1 is 0.840 bits per heavy atom. The highest BCUT2D eigenvalue weighted by atomic mass is 35.5. The minimum absolute atomic E-state index is 0.0124. The molecule has 1 aliphatic heterocycles. The van der Waals surface area contributed by atoms with E-state index in [2.05, 4.69) is 4.90 Å². The van der Waals surface area contributed by atoms with Crippen LogP contribution in [0.15, 0.2) is 48.5 Å². The fourth-order valence-corrected chi connectivity index (χ4v) is 4.80. The van der Waals surface area contributed by atoms with Crippen molar-refractivity contribution in [3.63, 3.8) is 0 Å². The van der Waals surface area contributed by atoms with Gasteiger partial charge in [0.15, 0.2) is 0 Å². The second-order valence-corrected chi connectivity index (χ2v) is 9.03. The summed E-state index contributed by atoms with van der Waals surface area (Å²) in [5.74, 6) is 0.0124. The fraction of sp³-hybridized carbons (Fsp3) is 0.333. The van der Waals surface area contributed by atoms with Crippen molar-refractivity contribution in [2.45, 2.75) is 12.3 Å². The highest BCUT2D eigenvalue weighted by Crippen LogP contribution is 2.18. The zero-order chi connectivity index (χ0) is 17.9. The standard InChI is InChI=1S/C18H20Cl2N2O2S/c19-17-6-4-15(5-7-17)14-25(23,24)22-10-8-21(9-11-22)13-16-2-1-3-18(20)12-16/h1-7,12H,8-11,13-14H2. The number of sulfonamides is 1. The molecule has 7 heteroatoms. The molecule has 0 saturated carbocycles. The Hall–Kier alpha value is -1.11. The van der Waals surface area contributed by atoms with Crippen LogP contribution in [0.4, 0.5) is 0 Å². The van der Waals surface area contributed by atoms with Crippen LogP contribution in [0, 0.1) is 0 Å². The normalized spacial score (nSPS) is 16.9. The third-order valence-corrected chi connectivity index (χ3v) is 6.62. The van der Waals surface area contributed by atoms with Crippen LogP contribution in [0.25, 0.3) is 0 Å². The van der Waals surface area contributed by atoms with Crippen LogP contribution in [0.1, 0.15) is 11.1 Å². The van der Waals surface area contributed by atoms with Gasteiger partial charge in [-0.15, -0.1) is 0 Å². The molecular formula is C18H20Cl2N2O2S. The highest BCUT2D eigenvalue weighted by Gasteiger charge is 2.27. The second-order valence-electron chi connectivity index (χ2n) is 6.19. The van der Waals surface area contributed by atoms with Crippen LogP contribution >= 0.6 is 23.2 Å². The first kappa shape index (κ1) is 18.7. The number of halogens is 2. The predicted octanol–water partition coefficient (Wildman–Crippen LogP) is 3.64. The molecule has 0 aliphatic carbocycles. The van der Waals surface area contributed by atoms with E-state index in [4.69, 9.17) is 23.2 Å². The monoisotopic (exact) mass is 398 g/mol. The van der Waals surface area contributed by atoms with Crippen molar-refractivity contribution in [3.8, 4) is 0 Å². The molecule has 0 unspecified atom stereocenters. The maximum absolute atomic E-state index is 12.6. The van der Waals surface area contributed by atoms with Crippen LogP contribution in [0.3, 0.4) is 0 Å². The molecule has 0 radical (unpaired) electrons. The van der Waals surface area contributed by atoms with Gasteiger partial charge < -0.3 is 0 Å². The first-order chi connectivity index (χ1) is 11.9. The minimum Gasteiger partial charge on any atom is -0.296 e. The first-order valence-electron chi connectivity index (χ1n) is 8.11. The van der Waals surface area contributed by atoms with E-state index in [9.17, 15) is 8.42 Å². The summed E-state index contributed by atoms with van der Waals surface area (Å²) in [7, 11) is -3.31. The number of benzene rings is 2. The summed E-state index contributed by atoms with van der Waals surface area (Å²) in [6, 6.07) is 14.7. The fourth-order valence-electron chi connectivity index (χ4n) is 2.94. The average molecular weight is 399 g/mol. The number of nitrogens with zero attached hydrogens (tertiary/aromatic N) is 2. The molecule has 1 saturated heterocycles. The second kappa shape index (κ2) is 8.06. The zero-order valence-electron chi connectivity index (χ0n) is 13.7. The van der Waals surface area contributed by atoms with E-state index in [0.29, 0.717) is 31.2 Å². The quantitative estimate of drug-likeness (QED) is 0.771. The molecule has 0 bridgehead atoms. The molecule has 0 aromatic heterocycles. The maximum Gasteiger partial charge on any atom is 0.218 e. The van der Waals surface area contributed by atoms with Gasteiger partial charge in [0.2, 0.25) is 10.0 Å². The summed E-state index contributed by atoms with van der Waals surface area (Å²) in [6.07, 6.45) is 0. The molecular weight excluding hydrogens is 379 g/mol. The lowest BCUT2D eigenvalue weighted by Gasteiger charge is -2.34. The number of hydrogen-bond acceptors (Lipinski definition) is 3. The number of piperazine rings is 1. The Balaban J connectivity index is 1.56. The summed E-state index contributed by atoms with van der Waals surface area (Å²) < 4.78 is 26.8. The molecule has 1 fully saturated rings. The Bertz CT molecular complexity index is 817. The summed E-state index contributed by atoms with van der Waals surface area (Å²) in [6.45, 7) is 3.23. The molecule has 0 N–H and O–H groups in total. The Labute approximate surface area is 159 Å². The van der Waals surface area contributed by atoms with Crippen LogP contribution < -0.4 is 0 Å². The van der Waals surface area contributed by atoms with Gasteiger partial charge in [0.1, 0.15) is 0 Å². The zero-order valence-corrected chi connectivity index (χ0v) is 16.1. The van der Waals surface area contributed by atoms with E-state index in [0.717, 1.165) is 22.7 Å². The molecule has 0 spiro atoms. The topological polar surface area (TPSA) is 40.6 Å². The SMILES string of the molecule is O=S(=O)(Cc1ccc(Cl)cc1)N1CCN(Cc2cccc(Cl)c2)CC1. The van der Waals surface area contributed by atoms with Crippen molar-refractivity contribution in [2.24, 2.45) is 0 Å². The van der Waals surface area contributed by atoms with E-state index in [1.165, 1.54) is 0 Å². The molecule has 3 rings (SSSR count). The predicted molar refractivity (Wildman–Crippen MR) is 102 cm³/mol. The number of rotatable bonds is 5. The van der Waals surface area contributed by atoms with Crippen LogP contribution in [0.5, 0.6) is 0 Å². The van der Waals surface area contributed by atoms with Crippen LogP contribution in [-0.2, 0) is 22.3 Å². The van der Waals surface area contributed by atoms with Gasteiger partial charge >= 0.3 is 0 Å². The van der Waals surface area contributed by atoms with Gasteiger partial charge in [-0.25, -0.2) is 8.42 Å². The third kappa shape index (κ3) is 5.19. The molecule has 1 aliphatic rings. The van der Waals surface area contributed by atoms with Gasteiger partial charge in [0, 0.05) is 42.8 Å². The Kier molecular flexibility index (Phi) is 6.02. The van der Waals surface area contributed by atoms with Crippen molar-refractivity contribution in [1.82, 2.24) is 9.21 Å². The van der Waals surface area contributed by atoms with Crippen molar-refractivity contribution >= 4 is 33.2 Å². The summed E-state index contributed by atoms with van der Waals surface area (Å²) >= 11 is 11.9. The summed E-state index contributed by atoms with van der Waals surface area (Å²) in [5.41, 5.74) is 1.90. The third-order valence-electron chi connectivity index (χ3n) is 4.28. The van der Waals surface area contributed by atoms with Gasteiger partial charge in [-0.05, 0) is 35.4 Å². The molecule has 1 heterocycles.